The fourth-order valence-electron chi connectivity index (χ4n) is 2.45. The third-order valence-electron chi connectivity index (χ3n) is 3.31. The maximum absolute atomic E-state index is 12.2. The second kappa shape index (κ2) is 5.26. The average molecular weight is 257 g/mol. The number of aliphatic carboxylic acids is 1. The summed E-state index contributed by atoms with van der Waals surface area (Å²) in [5.41, 5.74) is 4.05. The maximum Gasteiger partial charge on any atom is 0.327 e. The first-order valence-electron chi connectivity index (χ1n) is 6.39. The number of rotatable bonds is 4. The second-order valence-corrected chi connectivity index (χ2v) is 6.09. The van der Waals surface area contributed by atoms with Crippen LogP contribution in [0.5, 0.6) is 0 Å². The minimum Gasteiger partial charge on any atom is -0.481 e. The topological polar surface area (TPSA) is 89.6 Å². The number of ether oxygens (including phenoxy) is 1. The Bertz CT molecular complexity index is 328. The lowest BCUT2D eigenvalue weighted by Crippen LogP contribution is -2.57. The molecule has 0 unspecified atom stereocenters. The normalized spacial score (nSPS) is 20.4. The van der Waals surface area contributed by atoms with Gasteiger partial charge in [-0.05, 0) is 39.5 Å². The summed E-state index contributed by atoms with van der Waals surface area (Å²) in [6.07, 6.45) is 3.21. The molecule has 1 saturated carbocycles. The van der Waals surface area contributed by atoms with Crippen molar-refractivity contribution in [3.63, 3.8) is 0 Å². The van der Waals surface area contributed by atoms with E-state index in [0.29, 0.717) is 0 Å². The Morgan fingerprint density at radius 1 is 1.28 bits per heavy atom. The van der Waals surface area contributed by atoms with Crippen molar-refractivity contribution in [2.45, 2.75) is 64.0 Å². The smallest absolute Gasteiger partial charge is 0.327 e. The molecule has 0 bridgehead atoms. The van der Waals surface area contributed by atoms with Gasteiger partial charge in [-0.15, -0.1) is 0 Å². The molecule has 18 heavy (non-hydrogen) atoms. The van der Waals surface area contributed by atoms with Crippen molar-refractivity contribution in [1.29, 1.82) is 0 Å². The molecule has 0 aromatic carbocycles. The van der Waals surface area contributed by atoms with Gasteiger partial charge < -0.3 is 15.6 Å². The van der Waals surface area contributed by atoms with Crippen LogP contribution in [0.2, 0.25) is 0 Å². The lowest BCUT2D eigenvalue weighted by molar-refractivity contribution is -0.167. The van der Waals surface area contributed by atoms with Crippen LogP contribution in [0.15, 0.2) is 0 Å². The van der Waals surface area contributed by atoms with E-state index in [0.717, 1.165) is 25.7 Å². The van der Waals surface area contributed by atoms with E-state index in [2.05, 4.69) is 0 Å². The molecule has 1 fully saturated rings. The van der Waals surface area contributed by atoms with Crippen LogP contribution < -0.4 is 5.73 Å². The number of carbonyl (C=O) groups excluding carboxylic acids is 1. The van der Waals surface area contributed by atoms with Gasteiger partial charge >= 0.3 is 11.9 Å². The summed E-state index contributed by atoms with van der Waals surface area (Å²) in [6, 6.07) is 0. The molecule has 5 nitrogen and oxygen atoms in total. The molecular formula is C13H23NO4. The molecular weight excluding hydrogens is 234 g/mol. The molecule has 0 radical (unpaired) electrons. The maximum atomic E-state index is 12.2. The minimum absolute atomic E-state index is 0.0940. The summed E-state index contributed by atoms with van der Waals surface area (Å²) >= 11 is 0. The number of carboxylic acids is 1. The summed E-state index contributed by atoms with van der Waals surface area (Å²) < 4.78 is 5.29. The van der Waals surface area contributed by atoms with E-state index in [-0.39, 0.29) is 12.3 Å². The summed E-state index contributed by atoms with van der Waals surface area (Å²) in [5, 5.41) is 8.97. The highest BCUT2D eigenvalue weighted by Crippen LogP contribution is 2.36. The predicted molar refractivity (Wildman–Crippen MR) is 67.0 cm³/mol. The number of carboxylic acid groups (broad SMARTS) is 1. The van der Waals surface area contributed by atoms with E-state index < -0.39 is 23.1 Å². The molecule has 3 N–H and O–H groups in total. The van der Waals surface area contributed by atoms with Gasteiger partial charge in [-0.3, -0.25) is 9.59 Å². The van der Waals surface area contributed by atoms with Crippen LogP contribution in [0, 0.1) is 5.92 Å². The largest absolute Gasteiger partial charge is 0.481 e. The SMILES string of the molecule is CC(C)(C)OC(=O)[C@](N)(CC(=O)O)C1CCCC1. The first-order valence-corrected chi connectivity index (χ1v) is 6.39. The van der Waals surface area contributed by atoms with Crippen molar-refractivity contribution < 1.29 is 19.4 Å². The van der Waals surface area contributed by atoms with Gasteiger partial charge in [0.2, 0.25) is 0 Å². The van der Waals surface area contributed by atoms with E-state index in [9.17, 15) is 9.59 Å². The molecule has 1 aliphatic carbocycles. The summed E-state index contributed by atoms with van der Waals surface area (Å²) in [5.74, 6) is -1.75. The van der Waals surface area contributed by atoms with Crippen molar-refractivity contribution in [3.05, 3.63) is 0 Å². The predicted octanol–water partition coefficient (Wildman–Crippen LogP) is 1.69. The zero-order valence-corrected chi connectivity index (χ0v) is 11.4. The second-order valence-electron chi connectivity index (χ2n) is 6.09. The van der Waals surface area contributed by atoms with Crippen molar-refractivity contribution >= 4 is 11.9 Å². The van der Waals surface area contributed by atoms with Crippen molar-refractivity contribution in [1.82, 2.24) is 0 Å². The van der Waals surface area contributed by atoms with E-state index in [4.69, 9.17) is 15.6 Å². The molecule has 5 heteroatoms. The number of hydrogen-bond donors (Lipinski definition) is 2. The van der Waals surface area contributed by atoms with Gasteiger partial charge in [0.1, 0.15) is 11.1 Å². The molecule has 0 heterocycles. The monoisotopic (exact) mass is 257 g/mol. The molecule has 1 rings (SSSR count). The molecule has 0 aromatic heterocycles. The molecule has 0 amide bonds. The fraction of sp³-hybridized carbons (Fsp3) is 0.846. The number of nitrogens with two attached hydrogens (primary N) is 1. The van der Waals surface area contributed by atoms with Gasteiger partial charge in [0.05, 0.1) is 6.42 Å². The van der Waals surface area contributed by atoms with E-state index in [1.807, 2.05) is 0 Å². The van der Waals surface area contributed by atoms with Crippen LogP contribution in [0.3, 0.4) is 0 Å². The van der Waals surface area contributed by atoms with E-state index >= 15 is 0 Å². The molecule has 0 aromatic rings. The summed E-state index contributed by atoms with van der Waals surface area (Å²) in [6.45, 7) is 5.25. The standard InChI is InChI=1S/C13H23NO4/c1-12(2,3)18-11(17)13(14,8-10(15)16)9-6-4-5-7-9/h9H,4-8,14H2,1-3H3,(H,15,16)/t13-/m0/s1. The lowest BCUT2D eigenvalue weighted by atomic mass is 9.80. The van der Waals surface area contributed by atoms with Gasteiger partial charge in [0.15, 0.2) is 0 Å². The fourth-order valence-corrected chi connectivity index (χ4v) is 2.45. The molecule has 0 saturated heterocycles. The van der Waals surface area contributed by atoms with Crippen LogP contribution in [-0.4, -0.2) is 28.2 Å². The Morgan fingerprint density at radius 3 is 2.17 bits per heavy atom. The van der Waals surface area contributed by atoms with Crippen molar-refractivity contribution in [2.24, 2.45) is 11.7 Å². The van der Waals surface area contributed by atoms with Gasteiger partial charge in [-0.1, -0.05) is 12.8 Å². The van der Waals surface area contributed by atoms with Crippen molar-refractivity contribution in [2.75, 3.05) is 0 Å². The van der Waals surface area contributed by atoms with Gasteiger partial charge in [0, 0.05) is 0 Å². The number of esters is 1. The molecule has 1 atom stereocenters. The van der Waals surface area contributed by atoms with Crippen LogP contribution in [-0.2, 0) is 14.3 Å². The number of carbonyl (C=O) groups is 2. The first-order chi connectivity index (χ1) is 8.15. The molecule has 0 spiro atoms. The highest BCUT2D eigenvalue weighted by Gasteiger charge is 2.47. The Hall–Kier alpha value is -1.10. The van der Waals surface area contributed by atoms with Crippen LogP contribution in [0.1, 0.15) is 52.9 Å². The van der Waals surface area contributed by atoms with Crippen LogP contribution >= 0.6 is 0 Å². The highest BCUT2D eigenvalue weighted by molar-refractivity contribution is 5.86. The Labute approximate surface area is 108 Å². The van der Waals surface area contributed by atoms with Crippen molar-refractivity contribution in [3.8, 4) is 0 Å². The highest BCUT2D eigenvalue weighted by atomic mass is 16.6. The molecule has 0 aliphatic heterocycles. The first kappa shape index (κ1) is 15.0. The third-order valence-corrected chi connectivity index (χ3v) is 3.31. The molecule has 1 aliphatic rings. The van der Waals surface area contributed by atoms with Gasteiger partial charge in [-0.2, -0.15) is 0 Å². The van der Waals surface area contributed by atoms with Crippen LogP contribution in [0.4, 0.5) is 0 Å². The van der Waals surface area contributed by atoms with Crippen LogP contribution in [0.25, 0.3) is 0 Å². The number of hydrogen-bond acceptors (Lipinski definition) is 4. The quantitative estimate of drug-likeness (QED) is 0.748. The molecule has 104 valence electrons. The minimum atomic E-state index is -1.39. The van der Waals surface area contributed by atoms with Gasteiger partial charge in [-0.25, -0.2) is 0 Å². The Kier molecular flexibility index (Phi) is 4.37. The Morgan fingerprint density at radius 2 is 1.78 bits per heavy atom. The van der Waals surface area contributed by atoms with Gasteiger partial charge in [0.25, 0.3) is 0 Å². The average Bonchev–Trinajstić information content (AvgIpc) is 2.66. The zero-order chi connectivity index (χ0) is 14.0. The van der Waals surface area contributed by atoms with E-state index in [1.54, 1.807) is 20.8 Å². The summed E-state index contributed by atoms with van der Waals surface area (Å²) in [7, 11) is 0. The third kappa shape index (κ3) is 3.70. The van der Waals surface area contributed by atoms with E-state index in [1.165, 1.54) is 0 Å². The summed E-state index contributed by atoms with van der Waals surface area (Å²) in [4.78, 5) is 23.1. The lowest BCUT2D eigenvalue weighted by Gasteiger charge is -2.34. The Balaban J connectivity index is 2.88. The zero-order valence-electron chi connectivity index (χ0n) is 11.4.